The molecule has 1 atom stereocenters. The zero-order valence-corrected chi connectivity index (χ0v) is 12.1. The van der Waals surface area contributed by atoms with Gasteiger partial charge in [-0.1, -0.05) is 50.3 Å². The molecule has 1 N–H and O–H groups in total. The monoisotopic (exact) mass is 246 g/mol. The molecule has 0 heterocycles. The van der Waals surface area contributed by atoms with Gasteiger partial charge in [0, 0.05) is 0 Å². The van der Waals surface area contributed by atoms with Crippen molar-refractivity contribution in [3.63, 3.8) is 0 Å². The first-order valence-electron chi connectivity index (χ1n) is 6.91. The molecular weight excluding hydrogens is 220 g/mol. The highest BCUT2D eigenvalue weighted by Crippen LogP contribution is 2.19. The van der Waals surface area contributed by atoms with Crippen molar-refractivity contribution >= 4 is 6.08 Å². The lowest BCUT2D eigenvalue weighted by Crippen LogP contribution is -2.17. The molecule has 0 amide bonds. The van der Waals surface area contributed by atoms with Crippen LogP contribution in [-0.2, 0) is 0 Å². The molecule has 1 heteroatoms. The fourth-order valence-corrected chi connectivity index (χ4v) is 1.83. The van der Waals surface area contributed by atoms with E-state index in [1.165, 1.54) is 17.5 Å². The third kappa shape index (κ3) is 5.50. The third-order valence-corrected chi connectivity index (χ3v) is 3.35. The Bertz CT molecular complexity index is 368. The Hall–Kier alpha value is -1.08. The average molecular weight is 246 g/mol. The third-order valence-electron chi connectivity index (χ3n) is 3.35. The summed E-state index contributed by atoms with van der Waals surface area (Å²) in [5.74, 6) is 0.637. The van der Waals surface area contributed by atoms with Gasteiger partial charge in [-0.2, -0.15) is 0 Å². The predicted octanol–water partition coefficient (Wildman–Crippen LogP) is 4.76. The first-order chi connectivity index (χ1) is 8.42. The summed E-state index contributed by atoms with van der Waals surface area (Å²) in [6.45, 7) is 8.17. The zero-order chi connectivity index (χ0) is 13.6. The Morgan fingerprint density at radius 3 is 2.33 bits per heavy atom. The second kappa shape index (κ2) is 6.75. The van der Waals surface area contributed by atoms with Gasteiger partial charge in [0.25, 0.3) is 0 Å². The summed E-state index contributed by atoms with van der Waals surface area (Å²) < 4.78 is 0. The molecule has 1 aromatic carbocycles. The Kier molecular flexibility index (Phi) is 5.61. The van der Waals surface area contributed by atoms with E-state index >= 15 is 0 Å². The molecule has 0 saturated carbocycles. The van der Waals surface area contributed by atoms with Crippen molar-refractivity contribution in [2.24, 2.45) is 0 Å². The molecule has 0 aromatic heterocycles. The summed E-state index contributed by atoms with van der Waals surface area (Å²) in [4.78, 5) is 0. The standard InChI is InChI=1S/C17H26O/c1-5-14(2)16-11-9-15(10-12-16)8-6-7-13-17(3,4)18/h6,8-12,14,18H,5,7,13H2,1-4H3/b8-6+. The van der Waals surface area contributed by atoms with E-state index in [1.54, 1.807) is 0 Å². The predicted molar refractivity (Wildman–Crippen MR) is 79.7 cm³/mol. The van der Waals surface area contributed by atoms with Crippen LogP contribution in [0.4, 0.5) is 0 Å². The molecule has 0 radical (unpaired) electrons. The molecule has 0 aliphatic rings. The Morgan fingerprint density at radius 1 is 1.22 bits per heavy atom. The van der Waals surface area contributed by atoms with Crippen LogP contribution in [0.2, 0.25) is 0 Å². The molecule has 0 aliphatic heterocycles. The molecule has 1 rings (SSSR count). The van der Waals surface area contributed by atoms with E-state index in [-0.39, 0.29) is 0 Å². The fraction of sp³-hybridized carbons (Fsp3) is 0.529. The Labute approximate surface area is 112 Å². The first kappa shape index (κ1) is 15.0. The van der Waals surface area contributed by atoms with E-state index in [4.69, 9.17) is 0 Å². The highest BCUT2D eigenvalue weighted by Gasteiger charge is 2.09. The second-order valence-electron chi connectivity index (χ2n) is 5.73. The average Bonchev–Trinajstić information content (AvgIpc) is 2.33. The summed E-state index contributed by atoms with van der Waals surface area (Å²) >= 11 is 0. The maximum atomic E-state index is 9.61. The van der Waals surface area contributed by atoms with E-state index in [1.807, 2.05) is 13.8 Å². The van der Waals surface area contributed by atoms with Crippen LogP contribution < -0.4 is 0 Å². The lowest BCUT2D eigenvalue weighted by molar-refractivity contribution is 0.0722. The maximum absolute atomic E-state index is 9.61. The topological polar surface area (TPSA) is 20.2 Å². The van der Waals surface area contributed by atoms with Crippen LogP contribution in [0.1, 0.15) is 64.0 Å². The van der Waals surface area contributed by atoms with E-state index in [0.717, 1.165) is 12.8 Å². The van der Waals surface area contributed by atoms with E-state index < -0.39 is 5.60 Å². The van der Waals surface area contributed by atoms with Gasteiger partial charge in [0.05, 0.1) is 5.60 Å². The van der Waals surface area contributed by atoms with Crippen molar-refractivity contribution in [1.29, 1.82) is 0 Å². The number of hydrogen-bond donors (Lipinski definition) is 1. The van der Waals surface area contributed by atoms with Crippen LogP contribution in [0.25, 0.3) is 6.08 Å². The molecule has 1 nitrogen and oxygen atoms in total. The Morgan fingerprint density at radius 2 is 1.83 bits per heavy atom. The van der Waals surface area contributed by atoms with Crippen molar-refractivity contribution < 1.29 is 5.11 Å². The van der Waals surface area contributed by atoms with Gasteiger partial charge in [0.2, 0.25) is 0 Å². The van der Waals surface area contributed by atoms with Crippen LogP contribution in [0.3, 0.4) is 0 Å². The number of allylic oxidation sites excluding steroid dienone is 1. The van der Waals surface area contributed by atoms with Gasteiger partial charge in [-0.15, -0.1) is 0 Å². The molecule has 0 saturated heterocycles. The smallest absolute Gasteiger partial charge is 0.0594 e. The summed E-state index contributed by atoms with van der Waals surface area (Å²) in [5, 5.41) is 9.61. The molecule has 0 fully saturated rings. The highest BCUT2D eigenvalue weighted by molar-refractivity contribution is 5.49. The Balaban J connectivity index is 2.51. The minimum absolute atomic E-state index is 0.565. The molecule has 100 valence electrons. The van der Waals surface area contributed by atoms with Crippen LogP contribution >= 0.6 is 0 Å². The molecule has 18 heavy (non-hydrogen) atoms. The quantitative estimate of drug-likeness (QED) is 0.767. The number of rotatable bonds is 6. The van der Waals surface area contributed by atoms with Gasteiger partial charge < -0.3 is 5.11 Å². The van der Waals surface area contributed by atoms with Crippen molar-refractivity contribution in [3.8, 4) is 0 Å². The van der Waals surface area contributed by atoms with Gasteiger partial charge in [-0.3, -0.25) is 0 Å². The van der Waals surface area contributed by atoms with Gasteiger partial charge >= 0.3 is 0 Å². The van der Waals surface area contributed by atoms with Gasteiger partial charge in [-0.25, -0.2) is 0 Å². The van der Waals surface area contributed by atoms with E-state index in [9.17, 15) is 5.11 Å². The van der Waals surface area contributed by atoms with Crippen LogP contribution in [-0.4, -0.2) is 10.7 Å². The first-order valence-corrected chi connectivity index (χ1v) is 6.91. The largest absolute Gasteiger partial charge is 0.390 e. The zero-order valence-electron chi connectivity index (χ0n) is 12.1. The minimum Gasteiger partial charge on any atom is -0.390 e. The summed E-state index contributed by atoms with van der Waals surface area (Å²) in [7, 11) is 0. The lowest BCUT2D eigenvalue weighted by atomic mass is 9.97. The molecule has 0 bridgehead atoms. The maximum Gasteiger partial charge on any atom is 0.0594 e. The van der Waals surface area contributed by atoms with Gasteiger partial charge in [0.15, 0.2) is 0 Å². The van der Waals surface area contributed by atoms with Crippen LogP contribution in [0, 0.1) is 0 Å². The van der Waals surface area contributed by atoms with Crippen LogP contribution in [0.15, 0.2) is 30.3 Å². The molecule has 1 unspecified atom stereocenters. The molecule has 0 aliphatic carbocycles. The summed E-state index contributed by atoms with van der Waals surface area (Å²) in [6, 6.07) is 8.76. The number of benzene rings is 1. The number of hydrogen-bond acceptors (Lipinski definition) is 1. The fourth-order valence-electron chi connectivity index (χ4n) is 1.83. The van der Waals surface area contributed by atoms with Crippen molar-refractivity contribution in [1.82, 2.24) is 0 Å². The van der Waals surface area contributed by atoms with Crippen molar-refractivity contribution in [2.75, 3.05) is 0 Å². The molecular formula is C17H26O. The summed E-state index contributed by atoms with van der Waals surface area (Å²) in [6.07, 6.45) is 7.16. The normalized spacial score (nSPS) is 14.1. The SMILES string of the molecule is CCC(C)c1ccc(/C=C/CCC(C)(C)O)cc1. The van der Waals surface area contributed by atoms with Gasteiger partial charge in [-0.05, 0) is 50.2 Å². The minimum atomic E-state index is -0.565. The number of aliphatic hydroxyl groups is 1. The summed E-state index contributed by atoms with van der Waals surface area (Å²) in [5.41, 5.74) is 2.08. The van der Waals surface area contributed by atoms with E-state index in [0.29, 0.717) is 5.92 Å². The molecule has 0 spiro atoms. The van der Waals surface area contributed by atoms with E-state index in [2.05, 4.69) is 50.3 Å². The second-order valence-corrected chi connectivity index (χ2v) is 5.73. The van der Waals surface area contributed by atoms with Crippen LogP contribution in [0.5, 0.6) is 0 Å². The van der Waals surface area contributed by atoms with Gasteiger partial charge in [0.1, 0.15) is 0 Å². The van der Waals surface area contributed by atoms with Crippen molar-refractivity contribution in [3.05, 3.63) is 41.5 Å². The molecule has 1 aromatic rings. The lowest BCUT2D eigenvalue weighted by Gasteiger charge is -2.14. The highest BCUT2D eigenvalue weighted by atomic mass is 16.3. The van der Waals surface area contributed by atoms with Crippen molar-refractivity contribution in [2.45, 2.75) is 58.5 Å².